The van der Waals surface area contributed by atoms with Crippen molar-refractivity contribution in [2.24, 2.45) is 0 Å². The second-order valence-corrected chi connectivity index (χ2v) is 8.18. The van der Waals surface area contributed by atoms with Crippen LogP contribution in [0.5, 0.6) is 5.75 Å². The highest BCUT2D eigenvalue weighted by Crippen LogP contribution is 2.39. The number of anilines is 1. The minimum absolute atomic E-state index is 0.166. The Labute approximate surface area is 182 Å². The Bertz CT molecular complexity index is 987. The summed E-state index contributed by atoms with van der Waals surface area (Å²) >= 11 is 16.1. The molecule has 1 N–H and O–H groups in total. The van der Waals surface area contributed by atoms with Crippen molar-refractivity contribution in [1.29, 1.82) is 0 Å². The summed E-state index contributed by atoms with van der Waals surface area (Å²) in [5, 5.41) is 8.95. The van der Waals surface area contributed by atoms with Crippen LogP contribution in [0.1, 0.15) is 5.56 Å². The third kappa shape index (κ3) is 4.52. The van der Waals surface area contributed by atoms with Crippen molar-refractivity contribution in [3.8, 4) is 5.75 Å². The number of carbonyl (C=O) groups is 3. The number of carboxylic acid groups (broad SMARTS) is 1. The first-order chi connectivity index (χ1) is 13.3. The maximum atomic E-state index is 12.7. The van der Waals surface area contributed by atoms with E-state index in [0.29, 0.717) is 20.7 Å². The quantitative estimate of drug-likeness (QED) is 0.546. The Balaban J connectivity index is 1.87. The van der Waals surface area contributed by atoms with Gasteiger partial charge in [0, 0.05) is 5.02 Å². The molecule has 2 aromatic carbocycles. The standard InChI is InChI=1S/C18H10BrCl2NO5S/c19-12-5-9(6-13(21)16(12)27-8-15(23)24)7-14-17(25)22(18(26)28-14)11-3-1-10(20)2-4-11/h1-7H,8H2,(H,23,24)/b14-7+. The van der Waals surface area contributed by atoms with Gasteiger partial charge in [0.2, 0.25) is 0 Å². The third-order valence-electron chi connectivity index (χ3n) is 3.54. The van der Waals surface area contributed by atoms with E-state index in [-0.39, 0.29) is 15.7 Å². The van der Waals surface area contributed by atoms with Gasteiger partial charge in [-0.2, -0.15) is 0 Å². The Morgan fingerprint density at radius 3 is 2.50 bits per heavy atom. The normalized spacial score (nSPS) is 15.4. The first kappa shape index (κ1) is 20.7. The summed E-state index contributed by atoms with van der Waals surface area (Å²) in [6.45, 7) is -0.544. The number of imide groups is 1. The SMILES string of the molecule is O=C(O)COc1c(Cl)cc(/C=C2/SC(=O)N(c3ccc(Cl)cc3)C2=O)cc1Br. The van der Waals surface area contributed by atoms with E-state index in [9.17, 15) is 14.4 Å². The first-order valence-electron chi connectivity index (χ1n) is 7.63. The van der Waals surface area contributed by atoms with Crippen LogP contribution in [0.25, 0.3) is 6.08 Å². The molecule has 1 saturated heterocycles. The molecule has 1 heterocycles. The van der Waals surface area contributed by atoms with Gasteiger partial charge in [-0.05, 0) is 75.7 Å². The van der Waals surface area contributed by atoms with Gasteiger partial charge >= 0.3 is 5.97 Å². The van der Waals surface area contributed by atoms with E-state index in [4.69, 9.17) is 33.0 Å². The molecule has 144 valence electrons. The van der Waals surface area contributed by atoms with Gasteiger partial charge in [-0.3, -0.25) is 9.59 Å². The van der Waals surface area contributed by atoms with Gasteiger partial charge in [0.15, 0.2) is 12.4 Å². The number of benzene rings is 2. The molecule has 3 rings (SSSR count). The van der Waals surface area contributed by atoms with Crippen LogP contribution in [0.2, 0.25) is 10.0 Å². The van der Waals surface area contributed by atoms with Crippen LogP contribution >= 0.6 is 50.9 Å². The van der Waals surface area contributed by atoms with Crippen molar-refractivity contribution >= 4 is 79.8 Å². The molecule has 2 aromatic rings. The second kappa shape index (κ2) is 8.57. The Morgan fingerprint density at radius 2 is 1.89 bits per heavy atom. The van der Waals surface area contributed by atoms with Crippen LogP contribution in [-0.4, -0.2) is 28.8 Å². The van der Waals surface area contributed by atoms with Gasteiger partial charge in [0.1, 0.15) is 0 Å². The lowest BCUT2D eigenvalue weighted by molar-refractivity contribution is -0.139. The average molecular weight is 503 g/mol. The fraction of sp³-hybridized carbons (Fsp3) is 0.0556. The van der Waals surface area contributed by atoms with Crippen LogP contribution in [-0.2, 0) is 9.59 Å². The summed E-state index contributed by atoms with van der Waals surface area (Å²) in [5.74, 6) is -1.42. The van der Waals surface area contributed by atoms with Gasteiger partial charge in [0.25, 0.3) is 11.1 Å². The van der Waals surface area contributed by atoms with Crippen molar-refractivity contribution in [3.05, 3.63) is 61.4 Å². The number of nitrogens with zero attached hydrogens (tertiary/aromatic N) is 1. The lowest BCUT2D eigenvalue weighted by Gasteiger charge is -2.12. The minimum atomic E-state index is -1.14. The van der Waals surface area contributed by atoms with E-state index in [1.165, 1.54) is 12.1 Å². The molecule has 28 heavy (non-hydrogen) atoms. The van der Waals surface area contributed by atoms with Gasteiger partial charge in [-0.15, -0.1) is 0 Å². The van der Waals surface area contributed by atoms with E-state index in [0.717, 1.165) is 16.7 Å². The van der Waals surface area contributed by atoms with Gasteiger partial charge in [0.05, 0.1) is 20.1 Å². The zero-order valence-corrected chi connectivity index (χ0v) is 17.7. The molecule has 0 bridgehead atoms. The minimum Gasteiger partial charge on any atom is -0.479 e. The van der Waals surface area contributed by atoms with Crippen LogP contribution in [0, 0.1) is 0 Å². The number of thioether (sulfide) groups is 1. The number of aliphatic carboxylic acids is 1. The first-order valence-corrected chi connectivity index (χ1v) is 10.00. The second-order valence-electron chi connectivity index (χ2n) is 5.49. The Hall–Kier alpha value is -2.00. The maximum Gasteiger partial charge on any atom is 0.341 e. The largest absolute Gasteiger partial charge is 0.479 e. The number of carboxylic acids is 1. The Kier molecular flexibility index (Phi) is 6.34. The zero-order chi connectivity index (χ0) is 20.4. The molecule has 2 amide bonds. The summed E-state index contributed by atoms with van der Waals surface area (Å²) in [7, 11) is 0. The van der Waals surface area contributed by atoms with Crippen LogP contribution in [0.15, 0.2) is 45.8 Å². The van der Waals surface area contributed by atoms with Crippen LogP contribution < -0.4 is 9.64 Å². The van der Waals surface area contributed by atoms with E-state index >= 15 is 0 Å². The summed E-state index contributed by atoms with van der Waals surface area (Å²) in [6.07, 6.45) is 1.53. The number of amides is 2. The average Bonchev–Trinajstić information content (AvgIpc) is 2.88. The van der Waals surface area contributed by atoms with Crippen LogP contribution in [0.3, 0.4) is 0 Å². The molecule has 0 saturated carbocycles. The van der Waals surface area contributed by atoms with Crippen molar-refractivity contribution in [2.75, 3.05) is 11.5 Å². The van der Waals surface area contributed by atoms with Crippen molar-refractivity contribution in [2.45, 2.75) is 0 Å². The molecule has 6 nitrogen and oxygen atoms in total. The Morgan fingerprint density at radius 1 is 1.21 bits per heavy atom. The predicted octanol–water partition coefficient (Wildman–Crippen LogP) is 5.46. The third-order valence-corrected chi connectivity index (χ3v) is 5.53. The highest BCUT2D eigenvalue weighted by atomic mass is 79.9. The van der Waals surface area contributed by atoms with Gasteiger partial charge in [-0.25, -0.2) is 9.69 Å². The van der Waals surface area contributed by atoms with E-state index in [1.54, 1.807) is 30.3 Å². The monoisotopic (exact) mass is 501 g/mol. The molecular weight excluding hydrogens is 493 g/mol. The molecule has 0 aliphatic carbocycles. The topological polar surface area (TPSA) is 83.9 Å². The number of hydrogen-bond donors (Lipinski definition) is 1. The summed E-state index contributed by atoms with van der Waals surface area (Å²) in [4.78, 5) is 36.9. The molecule has 1 aliphatic rings. The number of halogens is 3. The number of rotatable bonds is 5. The van der Waals surface area contributed by atoms with Crippen molar-refractivity contribution in [1.82, 2.24) is 0 Å². The molecule has 0 aromatic heterocycles. The lowest BCUT2D eigenvalue weighted by atomic mass is 10.2. The fourth-order valence-corrected chi connectivity index (χ4v) is 4.32. The number of ether oxygens (including phenoxy) is 1. The van der Waals surface area contributed by atoms with E-state index < -0.39 is 23.7 Å². The van der Waals surface area contributed by atoms with E-state index in [1.807, 2.05) is 0 Å². The smallest absolute Gasteiger partial charge is 0.341 e. The molecule has 1 fully saturated rings. The molecule has 0 atom stereocenters. The van der Waals surface area contributed by atoms with Crippen molar-refractivity contribution in [3.63, 3.8) is 0 Å². The van der Waals surface area contributed by atoms with Crippen molar-refractivity contribution < 1.29 is 24.2 Å². The van der Waals surface area contributed by atoms with Gasteiger partial charge < -0.3 is 9.84 Å². The zero-order valence-electron chi connectivity index (χ0n) is 13.8. The summed E-state index contributed by atoms with van der Waals surface area (Å²) in [5.41, 5.74) is 0.966. The summed E-state index contributed by atoms with van der Waals surface area (Å²) < 4.78 is 5.55. The summed E-state index contributed by atoms with van der Waals surface area (Å²) in [6, 6.07) is 9.49. The molecule has 0 unspecified atom stereocenters. The molecule has 10 heteroatoms. The molecule has 0 radical (unpaired) electrons. The lowest BCUT2D eigenvalue weighted by Crippen LogP contribution is -2.27. The van der Waals surface area contributed by atoms with Crippen LogP contribution in [0.4, 0.5) is 10.5 Å². The number of hydrogen-bond acceptors (Lipinski definition) is 5. The predicted molar refractivity (Wildman–Crippen MR) is 112 cm³/mol. The molecule has 0 spiro atoms. The molecular formula is C18H10BrCl2NO5S. The fourth-order valence-electron chi connectivity index (χ4n) is 2.37. The van der Waals surface area contributed by atoms with Gasteiger partial charge in [-0.1, -0.05) is 23.2 Å². The maximum absolute atomic E-state index is 12.7. The highest BCUT2D eigenvalue weighted by Gasteiger charge is 2.36. The van der Waals surface area contributed by atoms with E-state index in [2.05, 4.69) is 15.9 Å². The highest BCUT2D eigenvalue weighted by molar-refractivity contribution is 9.10. The number of carbonyl (C=O) groups excluding carboxylic acids is 2. The molecule has 1 aliphatic heterocycles.